The molecule has 1 aromatic rings. The Bertz CT molecular complexity index is 879. The molecule has 0 bridgehead atoms. The number of halogens is 3. The van der Waals surface area contributed by atoms with Gasteiger partial charge in [-0.2, -0.15) is 0 Å². The molecule has 0 aliphatic heterocycles. The number of hydrogen-bond acceptors (Lipinski definition) is 5. The summed E-state index contributed by atoms with van der Waals surface area (Å²) in [6.45, 7) is 0.213. The molecule has 0 aromatic heterocycles. The molecule has 3 aliphatic rings. The van der Waals surface area contributed by atoms with E-state index >= 15 is 4.39 Å². The summed E-state index contributed by atoms with van der Waals surface area (Å²) in [5, 5.41) is 10.5. The predicted molar refractivity (Wildman–Crippen MR) is 113 cm³/mol. The van der Waals surface area contributed by atoms with E-state index in [2.05, 4.69) is 0 Å². The Labute approximate surface area is 190 Å². The van der Waals surface area contributed by atoms with Crippen LogP contribution < -0.4 is 5.73 Å². The van der Waals surface area contributed by atoms with Gasteiger partial charge in [-0.25, -0.2) is 9.18 Å². The zero-order valence-corrected chi connectivity index (χ0v) is 18.5. The molecule has 3 saturated carbocycles. The van der Waals surface area contributed by atoms with E-state index < -0.39 is 41.1 Å². The van der Waals surface area contributed by atoms with Gasteiger partial charge >= 0.3 is 11.9 Å². The molecule has 3 aliphatic carbocycles. The van der Waals surface area contributed by atoms with Crippen molar-refractivity contribution in [2.45, 2.75) is 62.4 Å². The van der Waals surface area contributed by atoms with E-state index in [-0.39, 0.29) is 25.6 Å². The van der Waals surface area contributed by atoms with Crippen molar-refractivity contribution in [1.82, 2.24) is 0 Å². The Balaban J connectivity index is 1.40. The summed E-state index contributed by atoms with van der Waals surface area (Å²) in [6, 6.07) is 4.92. The van der Waals surface area contributed by atoms with Crippen LogP contribution in [0, 0.1) is 17.8 Å². The summed E-state index contributed by atoms with van der Waals surface area (Å²) in [6.07, 6.45) is 4.33. The number of alkyl halides is 1. The van der Waals surface area contributed by atoms with Crippen molar-refractivity contribution < 1.29 is 28.6 Å². The van der Waals surface area contributed by atoms with Gasteiger partial charge in [0.2, 0.25) is 5.67 Å². The maximum absolute atomic E-state index is 15.5. The number of ether oxygens (including phenoxy) is 2. The molecule has 4 rings (SSSR count). The van der Waals surface area contributed by atoms with E-state index in [1.54, 1.807) is 18.2 Å². The zero-order valence-electron chi connectivity index (χ0n) is 17.0. The van der Waals surface area contributed by atoms with Crippen LogP contribution >= 0.6 is 23.2 Å². The Hall–Kier alpha value is -1.41. The van der Waals surface area contributed by atoms with Gasteiger partial charge in [0, 0.05) is 11.8 Å². The quantitative estimate of drug-likeness (QED) is 0.577. The summed E-state index contributed by atoms with van der Waals surface area (Å²) in [5.41, 5.74) is 2.48. The van der Waals surface area contributed by atoms with Crippen molar-refractivity contribution in [3.05, 3.63) is 33.8 Å². The summed E-state index contributed by atoms with van der Waals surface area (Å²) < 4.78 is 26.6. The molecule has 0 radical (unpaired) electrons. The summed E-state index contributed by atoms with van der Waals surface area (Å²) in [5.74, 6) is -4.14. The van der Waals surface area contributed by atoms with Crippen LogP contribution in [0.15, 0.2) is 18.2 Å². The van der Waals surface area contributed by atoms with Gasteiger partial charge in [0.15, 0.2) is 0 Å². The number of carboxylic acids is 1. The van der Waals surface area contributed by atoms with Crippen LogP contribution in [0.1, 0.15) is 44.1 Å². The molecule has 1 aromatic carbocycles. The molecule has 3 N–H and O–H groups in total. The fourth-order valence-electron chi connectivity index (χ4n) is 5.28. The number of rotatable bonds is 7. The normalized spacial score (nSPS) is 34.9. The van der Waals surface area contributed by atoms with Gasteiger partial charge < -0.3 is 20.3 Å². The van der Waals surface area contributed by atoms with Gasteiger partial charge in [0.05, 0.1) is 29.4 Å². The SMILES string of the molecule is N[C@]1(C(=O)O)[C@H]2[C@@H](C[C@H]1OCc1ccc(Cl)c(Cl)c1)[C@]2(F)C(=O)OCC1CCCCC1. The fraction of sp³-hybridized carbons (Fsp3) is 0.636. The van der Waals surface area contributed by atoms with Gasteiger partial charge in [0.25, 0.3) is 0 Å². The number of hydrogen-bond donors (Lipinski definition) is 2. The van der Waals surface area contributed by atoms with Crippen molar-refractivity contribution in [2.75, 3.05) is 6.61 Å². The molecular formula is C22H26Cl2FNO5. The van der Waals surface area contributed by atoms with Crippen LogP contribution in [0.5, 0.6) is 0 Å². The lowest BCUT2D eigenvalue weighted by atomic mass is 9.87. The largest absolute Gasteiger partial charge is 0.480 e. The van der Waals surface area contributed by atoms with Crippen molar-refractivity contribution >= 4 is 35.1 Å². The molecule has 170 valence electrons. The summed E-state index contributed by atoms with van der Waals surface area (Å²) in [4.78, 5) is 24.6. The lowest BCUT2D eigenvalue weighted by molar-refractivity contribution is -0.161. The van der Waals surface area contributed by atoms with Crippen molar-refractivity contribution in [1.29, 1.82) is 0 Å². The number of carbonyl (C=O) groups excluding carboxylic acids is 1. The third-order valence-corrected chi connectivity index (χ3v) is 7.83. The average Bonchev–Trinajstić information content (AvgIpc) is 3.22. The Morgan fingerprint density at radius 2 is 1.90 bits per heavy atom. The average molecular weight is 474 g/mol. The Morgan fingerprint density at radius 3 is 2.55 bits per heavy atom. The molecule has 31 heavy (non-hydrogen) atoms. The predicted octanol–water partition coefficient (Wildman–Crippen LogP) is 4.14. The van der Waals surface area contributed by atoms with Crippen LogP contribution in [-0.4, -0.2) is 41.0 Å². The molecule has 5 atom stereocenters. The minimum absolute atomic E-state index is 0.0316. The second kappa shape index (κ2) is 8.50. The first-order valence-electron chi connectivity index (χ1n) is 10.6. The standard InChI is InChI=1S/C22H26Cl2FNO5/c23-15-7-6-13(8-16(15)24)11-30-17-9-14-18(22(17,26)19(27)28)21(14,25)20(29)31-10-12-4-2-1-3-5-12/h6-8,12,14,17-18H,1-5,9-11,26H2,(H,27,28)/t14-,17-,18+,21-,22+/m1/s1. The number of nitrogens with two attached hydrogens (primary N) is 1. The molecule has 6 nitrogen and oxygen atoms in total. The number of esters is 1. The smallest absolute Gasteiger partial charge is 0.344 e. The number of carbonyl (C=O) groups is 2. The van der Waals surface area contributed by atoms with E-state index in [0.29, 0.717) is 15.6 Å². The molecule has 9 heteroatoms. The molecule has 0 amide bonds. The molecule has 0 saturated heterocycles. The number of benzene rings is 1. The third kappa shape index (κ3) is 3.94. The summed E-state index contributed by atoms with van der Waals surface area (Å²) >= 11 is 11.9. The first kappa shape index (κ1) is 22.8. The highest BCUT2D eigenvalue weighted by Crippen LogP contribution is 2.67. The van der Waals surface area contributed by atoms with Crippen molar-refractivity contribution in [3.63, 3.8) is 0 Å². The van der Waals surface area contributed by atoms with Crippen LogP contribution in [0.2, 0.25) is 10.0 Å². The number of carboxylic acid groups (broad SMARTS) is 1. The highest BCUT2D eigenvalue weighted by atomic mass is 35.5. The van der Waals surface area contributed by atoms with E-state index in [4.69, 9.17) is 38.4 Å². The molecule has 0 unspecified atom stereocenters. The highest BCUT2D eigenvalue weighted by molar-refractivity contribution is 6.42. The van der Waals surface area contributed by atoms with E-state index in [0.717, 1.165) is 25.7 Å². The van der Waals surface area contributed by atoms with Gasteiger partial charge in [-0.3, -0.25) is 4.79 Å². The minimum atomic E-state index is -2.37. The molecule has 3 fully saturated rings. The fourth-order valence-corrected chi connectivity index (χ4v) is 5.60. The third-order valence-electron chi connectivity index (χ3n) is 7.09. The van der Waals surface area contributed by atoms with Crippen molar-refractivity contribution in [2.24, 2.45) is 23.5 Å². The van der Waals surface area contributed by atoms with E-state index in [1.807, 2.05) is 0 Å². The Kier molecular flexibility index (Phi) is 6.25. The lowest BCUT2D eigenvalue weighted by Crippen LogP contribution is -2.60. The van der Waals surface area contributed by atoms with E-state index in [1.165, 1.54) is 6.42 Å². The van der Waals surface area contributed by atoms with Crippen LogP contribution in [0.3, 0.4) is 0 Å². The van der Waals surface area contributed by atoms with Crippen LogP contribution in [0.4, 0.5) is 4.39 Å². The monoisotopic (exact) mass is 473 g/mol. The van der Waals surface area contributed by atoms with E-state index in [9.17, 15) is 14.7 Å². The van der Waals surface area contributed by atoms with Crippen molar-refractivity contribution in [3.8, 4) is 0 Å². The lowest BCUT2D eigenvalue weighted by Gasteiger charge is -2.32. The van der Waals surface area contributed by atoms with Gasteiger partial charge in [-0.1, -0.05) is 48.5 Å². The Morgan fingerprint density at radius 1 is 1.19 bits per heavy atom. The van der Waals surface area contributed by atoms with Crippen LogP contribution in [-0.2, 0) is 25.7 Å². The molecule has 0 spiro atoms. The molecule has 0 heterocycles. The maximum atomic E-state index is 15.5. The topological polar surface area (TPSA) is 98.9 Å². The van der Waals surface area contributed by atoms with Gasteiger partial charge in [-0.15, -0.1) is 0 Å². The summed E-state index contributed by atoms with van der Waals surface area (Å²) in [7, 11) is 0. The van der Waals surface area contributed by atoms with Gasteiger partial charge in [-0.05, 0) is 42.9 Å². The minimum Gasteiger partial charge on any atom is -0.480 e. The first-order valence-corrected chi connectivity index (χ1v) is 11.4. The van der Waals surface area contributed by atoms with Gasteiger partial charge in [0.1, 0.15) is 5.54 Å². The second-order valence-corrected chi connectivity index (χ2v) is 9.79. The second-order valence-electron chi connectivity index (χ2n) is 8.98. The molecular weight excluding hydrogens is 448 g/mol. The number of aliphatic carboxylic acids is 1. The van der Waals surface area contributed by atoms with Crippen LogP contribution in [0.25, 0.3) is 0 Å². The first-order chi connectivity index (χ1) is 14.7. The maximum Gasteiger partial charge on any atom is 0.344 e. The number of fused-ring (bicyclic) bond motifs is 1. The zero-order chi connectivity index (χ0) is 22.4. The highest BCUT2D eigenvalue weighted by Gasteiger charge is 2.85.